The van der Waals surface area contributed by atoms with Crippen molar-refractivity contribution < 1.29 is 9.53 Å². The van der Waals surface area contributed by atoms with Crippen LogP contribution in [0.2, 0.25) is 0 Å². The van der Waals surface area contributed by atoms with Crippen LogP contribution < -0.4 is 11.1 Å². The first kappa shape index (κ1) is 27.1. The van der Waals surface area contributed by atoms with Crippen molar-refractivity contribution in [2.75, 3.05) is 20.2 Å². The number of nitrogens with one attached hydrogen (secondary N) is 1. The zero-order chi connectivity index (χ0) is 19.4. The number of nitrogens with zero attached hydrogens (tertiary/aromatic N) is 1. The Kier molecular flexibility index (Phi) is 11.0. The quantitative estimate of drug-likeness (QED) is 0.625. The molecule has 0 spiro atoms. The Labute approximate surface area is 182 Å². The smallest absolute Gasteiger partial charge is 0.240 e. The summed E-state index contributed by atoms with van der Waals surface area (Å²) in [5, 5.41) is 3.05. The van der Waals surface area contributed by atoms with Gasteiger partial charge in [0.2, 0.25) is 5.91 Å². The molecular formula is C21H37Cl2N3O2. The highest BCUT2D eigenvalue weighted by Crippen LogP contribution is 2.49. The van der Waals surface area contributed by atoms with E-state index in [-0.39, 0.29) is 42.2 Å². The lowest BCUT2D eigenvalue weighted by atomic mass is 9.54. The van der Waals surface area contributed by atoms with Gasteiger partial charge < -0.3 is 15.8 Å². The first-order valence-electron chi connectivity index (χ1n) is 9.65. The minimum absolute atomic E-state index is 0. The molecule has 2 rings (SSSR count). The number of carbonyl (C=O) groups is 1. The molecule has 1 fully saturated rings. The van der Waals surface area contributed by atoms with Crippen molar-refractivity contribution >= 4 is 30.7 Å². The summed E-state index contributed by atoms with van der Waals surface area (Å²) in [6, 6.07) is 10.8. The Bertz CT molecular complexity index is 601. The largest absolute Gasteiger partial charge is 0.378 e. The molecule has 0 heterocycles. The zero-order valence-corrected chi connectivity index (χ0v) is 19.4. The second-order valence-electron chi connectivity index (χ2n) is 8.14. The topological polar surface area (TPSA) is 67.6 Å². The SMILES string of the molecule is CCOC1CC(N)(C(=O)NCCC(C)N(C)Cc2ccccc2)C1(C)C.Cl.Cl. The summed E-state index contributed by atoms with van der Waals surface area (Å²) in [5.41, 5.74) is 6.53. The van der Waals surface area contributed by atoms with E-state index in [9.17, 15) is 4.79 Å². The lowest BCUT2D eigenvalue weighted by Crippen LogP contribution is -2.75. The molecule has 162 valence electrons. The fraction of sp³-hybridized carbons (Fsp3) is 0.667. The Morgan fingerprint density at radius 1 is 1.32 bits per heavy atom. The monoisotopic (exact) mass is 433 g/mol. The van der Waals surface area contributed by atoms with Crippen molar-refractivity contribution in [2.45, 2.75) is 64.8 Å². The molecule has 7 heteroatoms. The van der Waals surface area contributed by atoms with Crippen LogP contribution in [0.5, 0.6) is 0 Å². The molecular weight excluding hydrogens is 397 g/mol. The van der Waals surface area contributed by atoms with E-state index in [1.54, 1.807) is 0 Å². The molecule has 0 radical (unpaired) electrons. The van der Waals surface area contributed by atoms with Gasteiger partial charge in [-0.15, -0.1) is 24.8 Å². The van der Waals surface area contributed by atoms with E-state index in [1.807, 2.05) is 26.8 Å². The van der Waals surface area contributed by atoms with Crippen LogP contribution in [0.1, 0.15) is 46.1 Å². The van der Waals surface area contributed by atoms with E-state index >= 15 is 0 Å². The Hall–Kier alpha value is -0.850. The number of halogens is 2. The number of nitrogens with two attached hydrogens (primary N) is 1. The summed E-state index contributed by atoms with van der Waals surface area (Å²) in [6.07, 6.45) is 1.53. The number of carbonyl (C=O) groups excluding carboxylic acids is 1. The molecule has 0 aromatic heterocycles. The molecule has 0 aliphatic heterocycles. The predicted molar refractivity (Wildman–Crippen MR) is 120 cm³/mol. The van der Waals surface area contributed by atoms with E-state index in [1.165, 1.54) is 5.56 Å². The maximum atomic E-state index is 12.6. The van der Waals surface area contributed by atoms with Crippen LogP contribution in [0, 0.1) is 5.41 Å². The number of hydrogen-bond donors (Lipinski definition) is 2. The van der Waals surface area contributed by atoms with E-state index in [4.69, 9.17) is 10.5 Å². The van der Waals surface area contributed by atoms with Crippen molar-refractivity contribution in [3.63, 3.8) is 0 Å². The minimum Gasteiger partial charge on any atom is -0.378 e. The van der Waals surface area contributed by atoms with E-state index in [0.29, 0.717) is 25.6 Å². The average Bonchev–Trinajstić information content (AvgIpc) is 2.61. The standard InChI is InChI=1S/C21H35N3O2.2ClH/c1-6-26-18-14-21(22,20(18,3)4)19(25)23-13-12-16(2)24(5)15-17-10-8-7-9-11-17;;/h7-11,16,18H,6,12-15,22H2,1-5H3,(H,23,25);2*1H. The summed E-state index contributed by atoms with van der Waals surface area (Å²) < 4.78 is 5.70. The fourth-order valence-corrected chi connectivity index (χ4v) is 3.62. The summed E-state index contributed by atoms with van der Waals surface area (Å²) in [5.74, 6) is -0.0589. The summed E-state index contributed by atoms with van der Waals surface area (Å²) in [6.45, 7) is 10.4. The summed E-state index contributed by atoms with van der Waals surface area (Å²) in [7, 11) is 2.12. The van der Waals surface area contributed by atoms with Crippen LogP contribution in [0.15, 0.2) is 30.3 Å². The van der Waals surface area contributed by atoms with Gasteiger partial charge in [0.05, 0.1) is 6.10 Å². The molecule has 0 saturated heterocycles. The number of amides is 1. The minimum atomic E-state index is -0.841. The molecule has 0 bridgehead atoms. The Morgan fingerprint density at radius 2 is 1.93 bits per heavy atom. The van der Waals surface area contributed by atoms with Gasteiger partial charge in [-0.25, -0.2) is 0 Å². The second kappa shape index (κ2) is 11.4. The van der Waals surface area contributed by atoms with Crippen molar-refractivity contribution in [1.29, 1.82) is 0 Å². The highest BCUT2D eigenvalue weighted by Gasteiger charge is 2.62. The van der Waals surface area contributed by atoms with Gasteiger partial charge in [-0.2, -0.15) is 0 Å². The molecule has 28 heavy (non-hydrogen) atoms. The molecule has 3 N–H and O–H groups in total. The van der Waals surface area contributed by atoms with E-state index in [2.05, 4.69) is 48.5 Å². The predicted octanol–water partition coefficient (Wildman–Crippen LogP) is 3.39. The van der Waals surface area contributed by atoms with Gasteiger partial charge >= 0.3 is 0 Å². The number of rotatable bonds is 9. The van der Waals surface area contributed by atoms with Gasteiger partial charge in [-0.3, -0.25) is 9.69 Å². The molecule has 1 saturated carbocycles. The summed E-state index contributed by atoms with van der Waals surface area (Å²) in [4.78, 5) is 15.0. The van der Waals surface area contributed by atoms with Crippen LogP contribution in [0.25, 0.3) is 0 Å². The maximum absolute atomic E-state index is 12.6. The van der Waals surface area contributed by atoms with Crippen molar-refractivity contribution in [3.8, 4) is 0 Å². The molecule has 3 unspecified atom stereocenters. The number of hydrogen-bond acceptors (Lipinski definition) is 4. The maximum Gasteiger partial charge on any atom is 0.240 e. The van der Waals surface area contributed by atoms with Gasteiger partial charge in [-0.1, -0.05) is 44.2 Å². The first-order chi connectivity index (χ1) is 12.2. The highest BCUT2D eigenvalue weighted by atomic mass is 35.5. The third kappa shape index (κ3) is 5.83. The molecule has 1 aliphatic carbocycles. The van der Waals surface area contributed by atoms with Gasteiger partial charge in [0.1, 0.15) is 5.54 Å². The Balaban J connectivity index is 0.00000364. The van der Waals surface area contributed by atoms with Crippen LogP contribution in [-0.2, 0) is 16.1 Å². The first-order valence-corrected chi connectivity index (χ1v) is 9.65. The highest BCUT2D eigenvalue weighted by molar-refractivity contribution is 5.88. The van der Waals surface area contributed by atoms with Crippen LogP contribution >= 0.6 is 24.8 Å². The third-order valence-corrected chi connectivity index (χ3v) is 6.11. The van der Waals surface area contributed by atoms with Crippen molar-refractivity contribution in [3.05, 3.63) is 35.9 Å². The Morgan fingerprint density at radius 3 is 2.46 bits per heavy atom. The lowest BCUT2D eigenvalue weighted by molar-refractivity contribution is -0.170. The van der Waals surface area contributed by atoms with Crippen LogP contribution in [0.4, 0.5) is 0 Å². The van der Waals surface area contributed by atoms with Crippen molar-refractivity contribution in [2.24, 2.45) is 11.1 Å². The molecule has 1 aliphatic rings. The van der Waals surface area contributed by atoms with Crippen LogP contribution in [-0.4, -0.2) is 48.7 Å². The number of benzene rings is 1. The number of ether oxygens (including phenoxy) is 1. The van der Waals surface area contributed by atoms with Gasteiger partial charge in [0, 0.05) is 37.6 Å². The van der Waals surface area contributed by atoms with Crippen LogP contribution in [0.3, 0.4) is 0 Å². The lowest BCUT2D eigenvalue weighted by Gasteiger charge is -2.57. The fourth-order valence-electron chi connectivity index (χ4n) is 3.62. The zero-order valence-electron chi connectivity index (χ0n) is 17.7. The molecule has 1 amide bonds. The molecule has 3 atom stereocenters. The van der Waals surface area contributed by atoms with E-state index < -0.39 is 5.54 Å². The molecule has 1 aromatic rings. The van der Waals surface area contributed by atoms with Gasteiger partial charge in [0.25, 0.3) is 0 Å². The third-order valence-electron chi connectivity index (χ3n) is 6.11. The van der Waals surface area contributed by atoms with E-state index in [0.717, 1.165) is 13.0 Å². The van der Waals surface area contributed by atoms with Crippen molar-refractivity contribution in [1.82, 2.24) is 10.2 Å². The molecule has 1 aromatic carbocycles. The average molecular weight is 434 g/mol. The van der Waals surface area contributed by atoms with Gasteiger partial charge in [0.15, 0.2) is 0 Å². The second-order valence-corrected chi connectivity index (χ2v) is 8.14. The molecule has 5 nitrogen and oxygen atoms in total. The van der Waals surface area contributed by atoms with Gasteiger partial charge in [-0.05, 0) is 32.9 Å². The normalized spacial score (nSPS) is 23.8. The summed E-state index contributed by atoms with van der Waals surface area (Å²) >= 11 is 0.